The third-order valence-corrected chi connectivity index (χ3v) is 4.50. The summed E-state index contributed by atoms with van der Waals surface area (Å²) in [6.45, 7) is 3.55. The molecule has 1 aliphatic heterocycles. The Bertz CT molecular complexity index is 692. The third kappa shape index (κ3) is 5.73. The van der Waals surface area contributed by atoms with Crippen LogP contribution in [0.15, 0.2) is 41.8 Å². The van der Waals surface area contributed by atoms with E-state index < -0.39 is 0 Å². The smallest absolute Gasteiger partial charge is 0.191 e. The number of aryl methyl sites for hydroxylation is 1. The lowest BCUT2D eigenvalue weighted by Gasteiger charge is -2.20. The Hall–Kier alpha value is -1.55. The summed E-state index contributed by atoms with van der Waals surface area (Å²) in [5.74, 6) is 1.69. The summed E-state index contributed by atoms with van der Waals surface area (Å²) < 4.78 is 1.93. The first-order chi connectivity index (χ1) is 12.3. The Morgan fingerprint density at radius 3 is 3.00 bits per heavy atom. The van der Waals surface area contributed by atoms with Gasteiger partial charge in [-0.15, -0.1) is 24.0 Å². The van der Waals surface area contributed by atoms with Crippen LogP contribution in [0.5, 0.6) is 0 Å². The van der Waals surface area contributed by atoms with Gasteiger partial charge in [-0.2, -0.15) is 5.10 Å². The molecule has 142 valence electrons. The van der Waals surface area contributed by atoms with Crippen LogP contribution in [-0.4, -0.2) is 53.4 Å². The molecule has 1 aliphatic rings. The molecule has 2 aromatic rings. The van der Waals surface area contributed by atoms with Gasteiger partial charge in [-0.25, -0.2) is 4.98 Å². The SMILES string of the molecule is CN=C(NCCCn1cccn1)NC1CCN(c2ncccc2Cl)C1.I. The van der Waals surface area contributed by atoms with E-state index in [1.54, 1.807) is 19.4 Å². The van der Waals surface area contributed by atoms with Crippen LogP contribution in [0.25, 0.3) is 0 Å². The Kier molecular flexibility index (Phi) is 8.43. The predicted molar refractivity (Wildman–Crippen MR) is 117 cm³/mol. The van der Waals surface area contributed by atoms with E-state index in [0.717, 1.165) is 50.8 Å². The molecule has 1 saturated heterocycles. The lowest BCUT2D eigenvalue weighted by atomic mass is 10.3. The van der Waals surface area contributed by atoms with Crippen LogP contribution in [0.2, 0.25) is 5.02 Å². The number of rotatable bonds is 6. The van der Waals surface area contributed by atoms with Crippen LogP contribution in [0.4, 0.5) is 5.82 Å². The first kappa shape index (κ1) is 20.8. The number of aliphatic imine (C=N–C) groups is 1. The maximum absolute atomic E-state index is 6.24. The summed E-state index contributed by atoms with van der Waals surface area (Å²) in [7, 11) is 1.80. The highest BCUT2D eigenvalue weighted by Crippen LogP contribution is 2.25. The molecule has 0 bridgehead atoms. The molecule has 1 unspecified atom stereocenters. The van der Waals surface area contributed by atoms with Crippen molar-refractivity contribution in [3.8, 4) is 0 Å². The first-order valence-electron chi connectivity index (χ1n) is 8.56. The molecular formula is C17H25ClIN7. The monoisotopic (exact) mass is 489 g/mol. The zero-order valence-electron chi connectivity index (χ0n) is 14.8. The van der Waals surface area contributed by atoms with Crippen LogP contribution in [-0.2, 0) is 6.54 Å². The Labute approximate surface area is 176 Å². The zero-order chi connectivity index (χ0) is 17.5. The fraction of sp³-hybridized carbons (Fsp3) is 0.471. The van der Waals surface area contributed by atoms with Crippen molar-refractivity contribution in [2.45, 2.75) is 25.4 Å². The largest absolute Gasteiger partial charge is 0.356 e. The molecule has 1 atom stereocenters. The number of hydrogen-bond donors (Lipinski definition) is 2. The van der Waals surface area contributed by atoms with Gasteiger partial charge in [0.25, 0.3) is 0 Å². The molecule has 0 saturated carbocycles. The molecule has 0 radical (unpaired) electrons. The summed E-state index contributed by atoms with van der Waals surface area (Å²) in [5, 5.41) is 11.7. The third-order valence-electron chi connectivity index (χ3n) is 4.21. The van der Waals surface area contributed by atoms with Crippen molar-refractivity contribution < 1.29 is 0 Å². The molecule has 0 spiro atoms. The highest BCUT2D eigenvalue weighted by atomic mass is 127. The van der Waals surface area contributed by atoms with Gasteiger partial charge >= 0.3 is 0 Å². The summed E-state index contributed by atoms with van der Waals surface area (Å²) in [4.78, 5) is 10.9. The fourth-order valence-corrected chi connectivity index (χ4v) is 3.19. The van der Waals surface area contributed by atoms with Crippen LogP contribution in [0.1, 0.15) is 12.8 Å². The van der Waals surface area contributed by atoms with Crippen molar-refractivity contribution in [3.63, 3.8) is 0 Å². The average Bonchev–Trinajstić information content (AvgIpc) is 3.30. The maximum atomic E-state index is 6.24. The number of nitrogens with zero attached hydrogens (tertiary/aromatic N) is 5. The van der Waals surface area contributed by atoms with Crippen LogP contribution < -0.4 is 15.5 Å². The maximum Gasteiger partial charge on any atom is 0.191 e. The molecule has 3 rings (SSSR count). The van der Waals surface area contributed by atoms with Crippen molar-refractivity contribution in [1.29, 1.82) is 0 Å². The van der Waals surface area contributed by atoms with Gasteiger partial charge in [-0.05, 0) is 31.0 Å². The van der Waals surface area contributed by atoms with Gasteiger partial charge in [0.1, 0.15) is 5.82 Å². The van der Waals surface area contributed by atoms with E-state index in [4.69, 9.17) is 11.6 Å². The fourth-order valence-electron chi connectivity index (χ4n) is 2.95. The summed E-state index contributed by atoms with van der Waals surface area (Å²) in [6, 6.07) is 6.00. The Balaban J connectivity index is 0.00000243. The van der Waals surface area contributed by atoms with E-state index in [9.17, 15) is 0 Å². The van der Waals surface area contributed by atoms with Crippen molar-refractivity contribution in [1.82, 2.24) is 25.4 Å². The Morgan fingerprint density at radius 2 is 2.27 bits per heavy atom. The van der Waals surface area contributed by atoms with Crippen LogP contribution in [0, 0.1) is 0 Å². The molecule has 9 heteroatoms. The number of nitrogens with one attached hydrogen (secondary N) is 2. The van der Waals surface area contributed by atoms with Gasteiger partial charge in [0, 0.05) is 57.9 Å². The minimum atomic E-state index is 0. The quantitative estimate of drug-likeness (QED) is 0.282. The van der Waals surface area contributed by atoms with E-state index in [1.807, 2.05) is 29.1 Å². The average molecular weight is 490 g/mol. The second-order valence-electron chi connectivity index (χ2n) is 6.01. The summed E-state index contributed by atoms with van der Waals surface area (Å²) in [6.07, 6.45) is 7.57. The minimum Gasteiger partial charge on any atom is -0.356 e. The van der Waals surface area contributed by atoms with Crippen LogP contribution in [0.3, 0.4) is 0 Å². The molecule has 26 heavy (non-hydrogen) atoms. The van der Waals surface area contributed by atoms with Gasteiger partial charge in [-0.3, -0.25) is 9.67 Å². The van der Waals surface area contributed by atoms with Crippen molar-refractivity contribution in [3.05, 3.63) is 41.8 Å². The van der Waals surface area contributed by atoms with Crippen molar-refractivity contribution in [2.24, 2.45) is 4.99 Å². The van der Waals surface area contributed by atoms with E-state index in [1.165, 1.54) is 0 Å². The molecule has 0 aromatic carbocycles. The second kappa shape index (κ2) is 10.6. The second-order valence-corrected chi connectivity index (χ2v) is 6.41. The molecule has 0 amide bonds. The zero-order valence-corrected chi connectivity index (χ0v) is 17.9. The van der Waals surface area contributed by atoms with E-state index in [-0.39, 0.29) is 24.0 Å². The minimum absolute atomic E-state index is 0. The van der Waals surface area contributed by atoms with E-state index in [2.05, 4.69) is 30.6 Å². The number of guanidine groups is 1. The lowest BCUT2D eigenvalue weighted by Crippen LogP contribution is -2.45. The molecule has 3 heterocycles. The van der Waals surface area contributed by atoms with E-state index >= 15 is 0 Å². The normalized spacial score (nSPS) is 17.1. The number of aromatic nitrogens is 3. The summed E-state index contributed by atoms with van der Waals surface area (Å²) in [5.41, 5.74) is 0. The molecular weight excluding hydrogens is 465 g/mol. The molecule has 2 aromatic heterocycles. The van der Waals surface area contributed by atoms with Gasteiger partial charge in [0.2, 0.25) is 0 Å². The summed E-state index contributed by atoms with van der Waals surface area (Å²) >= 11 is 6.24. The van der Waals surface area contributed by atoms with Gasteiger partial charge in [0.15, 0.2) is 5.96 Å². The van der Waals surface area contributed by atoms with Gasteiger partial charge < -0.3 is 15.5 Å². The highest BCUT2D eigenvalue weighted by molar-refractivity contribution is 14.0. The topological polar surface area (TPSA) is 70.4 Å². The molecule has 1 fully saturated rings. The predicted octanol–water partition coefficient (Wildman–Crippen LogP) is 2.38. The first-order valence-corrected chi connectivity index (χ1v) is 8.94. The number of anilines is 1. The van der Waals surface area contributed by atoms with E-state index in [0.29, 0.717) is 11.1 Å². The molecule has 2 N–H and O–H groups in total. The lowest BCUT2D eigenvalue weighted by molar-refractivity contribution is 0.566. The Morgan fingerprint density at radius 1 is 1.38 bits per heavy atom. The van der Waals surface area contributed by atoms with Gasteiger partial charge in [-0.1, -0.05) is 11.6 Å². The van der Waals surface area contributed by atoms with Gasteiger partial charge in [0.05, 0.1) is 5.02 Å². The standard InChI is InChI=1S/C17H24ClN7.HI/c1-19-17(21-8-3-10-25-11-4-9-22-25)23-14-6-12-24(13-14)16-15(18)5-2-7-20-16;/h2,4-5,7,9,11,14H,3,6,8,10,12-13H2,1H3,(H2,19,21,23);1H. The molecule has 0 aliphatic carbocycles. The number of hydrogen-bond acceptors (Lipinski definition) is 4. The number of halogens is 2. The van der Waals surface area contributed by atoms with Crippen molar-refractivity contribution in [2.75, 3.05) is 31.6 Å². The highest BCUT2D eigenvalue weighted by Gasteiger charge is 2.25. The number of pyridine rings is 1. The van der Waals surface area contributed by atoms with Crippen LogP contribution >= 0.6 is 35.6 Å². The molecule has 7 nitrogen and oxygen atoms in total. The van der Waals surface area contributed by atoms with Crippen molar-refractivity contribution >= 4 is 47.4 Å².